The van der Waals surface area contributed by atoms with Crippen molar-refractivity contribution in [3.05, 3.63) is 21.7 Å². The first-order valence-electron chi connectivity index (χ1n) is 5.53. The van der Waals surface area contributed by atoms with Crippen molar-refractivity contribution in [2.75, 3.05) is 13.2 Å². The molecule has 1 unspecified atom stereocenters. The molecule has 1 atom stereocenters. The summed E-state index contributed by atoms with van der Waals surface area (Å²) in [6.45, 7) is 5.93. The number of H-pyrrole nitrogens is 1. The van der Waals surface area contributed by atoms with Gasteiger partial charge < -0.3 is 14.5 Å². The molecule has 0 bridgehead atoms. The van der Waals surface area contributed by atoms with Crippen molar-refractivity contribution in [3.8, 4) is 0 Å². The quantitative estimate of drug-likeness (QED) is 0.824. The monoisotopic (exact) mass is 240 g/mol. The van der Waals surface area contributed by atoms with Crippen molar-refractivity contribution in [1.29, 1.82) is 0 Å². The van der Waals surface area contributed by atoms with Gasteiger partial charge in [0.25, 0.3) is 0 Å². The van der Waals surface area contributed by atoms with Gasteiger partial charge in [-0.1, -0.05) is 12.2 Å². The van der Waals surface area contributed by atoms with Crippen molar-refractivity contribution in [2.45, 2.75) is 33.0 Å². The molecular formula is C11H16N2O2S. The molecule has 5 heteroatoms. The standard InChI is InChI=1S/C11H16N2O2S/c1-3-15-7(2)10-12-9-4-5-14-6-8(9)11(16)13-10/h7H,3-6H2,1-2H3,(H,12,13,16). The van der Waals surface area contributed by atoms with Crippen LogP contribution in [0.4, 0.5) is 0 Å². The molecule has 0 amide bonds. The molecule has 16 heavy (non-hydrogen) atoms. The van der Waals surface area contributed by atoms with Crippen LogP contribution in [0, 0.1) is 4.64 Å². The zero-order valence-electron chi connectivity index (χ0n) is 9.58. The Kier molecular flexibility index (Phi) is 3.68. The van der Waals surface area contributed by atoms with E-state index in [9.17, 15) is 0 Å². The summed E-state index contributed by atoms with van der Waals surface area (Å²) in [5.41, 5.74) is 2.17. The second-order valence-electron chi connectivity index (χ2n) is 3.78. The van der Waals surface area contributed by atoms with Crippen molar-refractivity contribution >= 4 is 12.2 Å². The van der Waals surface area contributed by atoms with Crippen LogP contribution in [0.2, 0.25) is 0 Å². The molecule has 1 N–H and O–H groups in total. The molecule has 0 saturated heterocycles. The van der Waals surface area contributed by atoms with Crippen molar-refractivity contribution in [2.24, 2.45) is 0 Å². The third kappa shape index (κ3) is 2.31. The fourth-order valence-corrected chi connectivity index (χ4v) is 2.08. The molecule has 1 aromatic heterocycles. The molecule has 2 heterocycles. The van der Waals surface area contributed by atoms with E-state index in [1.807, 2.05) is 13.8 Å². The van der Waals surface area contributed by atoms with Gasteiger partial charge in [0, 0.05) is 24.3 Å². The lowest BCUT2D eigenvalue weighted by Gasteiger charge is -2.19. The Bertz CT molecular complexity index is 430. The summed E-state index contributed by atoms with van der Waals surface area (Å²) < 4.78 is 11.5. The number of aromatic amines is 1. The van der Waals surface area contributed by atoms with Gasteiger partial charge in [0.05, 0.1) is 13.2 Å². The second kappa shape index (κ2) is 5.03. The first-order chi connectivity index (χ1) is 7.72. The summed E-state index contributed by atoms with van der Waals surface area (Å²) in [4.78, 5) is 7.67. The van der Waals surface area contributed by atoms with Crippen molar-refractivity contribution < 1.29 is 9.47 Å². The minimum atomic E-state index is -0.0418. The number of ether oxygens (including phenoxy) is 2. The van der Waals surface area contributed by atoms with Gasteiger partial charge in [-0.05, 0) is 13.8 Å². The molecule has 2 rings (SSSR count). The van der Waals surface area contributed by atoms with Crippen molar-refractivity contribution in [3.63, 3.8) is 0 Å². The fraction of sp³-hybridized carbons (Fsp3) is 0.636. The van der Waals surface area contributed by atoms with E-state index >= 15 is 0 Å². The summed E-state index contributed by atoms with van der Waals surface area (Å²) in [6, 6.07) is 0. The van der Waals surface area contributed by atoms with E-state index in [-0.39, 0.29) is 6.10 Å². The summed E-state index contributed by atoms with van der Waals surface area (Å²) in [7, 11) is 0. The Hall–Kier alpha value is -0.780. The summed E-state index contributed by atoms with van der Waals surface area (Å²) in [6.07, 6.45) is 0.827. The normalized spacial score (nSPS) is 16.9. The van der Waals surface area contributed by atoms with Crippen LogP contribution in [-0.4, -0.2) is 23.2 Å². The van der Waals surface area contributed by atoms with Crippen LogP contribution in [0.25, 0.3) is 0 Å². The van der Waals surface area contributed by atoms with Crippen LogP contribution in [-0.2, 0) is 22.5 Å². The summed E-state index contributed by atoms with van der Waals surface area (Å²) in [5, 5.41) is 0. The average molecular weight is 240 g/mol. The van der Waals surface area contributed by atoms with Crippen LogP contribution < -0.4 is 0 Å². The third-order valence-electron chi connectivity index (χ3n) is 2.67. The third-order valence-corrected chi connectivity index (χ3v) is 3.01. The molecule has 0 spiro atoms. The maximum Gasteiger partial charge on any atom is 0.136 e. The molecule has 0 saturated carbocycles. The highest BCUT2D eigenvalue weighted by atomic mass is 32.1. The SMILES string of the molecule is CCOC(C)c1nc(=S)c2c([nH]1)CCOC2. The van der Waals surface area contributed by atoms with Gasteiger partial charge in [0.2, 0.25) is 0 Å². The molecule has 4 nitrogen and oxygen atoms in total. The lowest BCUT2D eigenvalue weighted by atomic mass is 10.1. The Morgan fingerprint density at radius 2 is 2.44 bits per heavy atom. The van der Waals surface area contributed by atoms with Crippen LogP contribution in [0.1, 0.15) is 37.0 Å². The maximum absolute atomic E-state index is 5.50. The Balaban J connectivity index is 2.35. The minimum absolute atomic E-state index is 0.0418. The summed E-state index contributed by atoms with van der Waals surface area (Å²) >= 11 is 5.26. The molecule has 0 fully saturated rings. The fourth-order valence-electron chi connectivity index (χ4n) is 1.80. The van der Waals surface area contributed by atoms with E-state index in [4.69, 9.17) is 21.7 Å². The number of nitrogens with one attached hydrogen (secondary N) is 1. The molecule has 1 aliphatic rings. The molecule has 1 aliphatic heterocycles. The molecule has 0 aromatic carbocycles. The molecule has 1 aromatic rings. The number of aromatic nitrogens is 2. The van der Waals surface area contributed by atoms with Crippen LogP contribution >= 0.6 is 12.2 Å². The Labute approximate surface area is 100 Å². The van der Waals surface area contributed by atoms with Gasteiger partial charge >= 0.3 is 0 Å². The van der Waals surface area contributed by atoms with Gasteiger partial charge in [-0.3, -0.25) is 0 Å². The highest BCUT2D eigenvalue weighted by Gasteiger charge is 2.16. The van der Waals surface area contributed by atoms with Crippen molar-refractivity contribution in [1.82, 2.24) is 9.97 Å². The lowest BCUT2D eigenvalue weighted by Crippen LogP contribution is -2.16. The van der Waals surface area contributed by atoms with E-state index in [0.717, 1.165) is 30.1 Å². The molecular weight excluding hydrogens is 224 g/mol. The van der Waals surface area contributed by atoms with E-state index in [2.05, 4.69) is 9.97 Å². The van der Waals surface area contributed by atoms with Gasteiger partial charge in [0.15, 0.2) is 0 Å². The zero-order chi connectivity index (χ0) is 11.5. The van der Waals surface area contributed by atoms with Crippen LogP contribution in [0.3, 0.4) is 0 Å². The highest BCUT2D eigenvalue weighted by Crippen LogP contribution is 2.19. The van der Waals surface area contributed by atoms with E-state index < -0.39 is 0 Å². The number of fused-ring (bicyclic) bond motifs is 1. The average Bonchev–Trinajstić information content (AvgIpc) is 2.29. The molecule has 0 aliphatic carbocycles. The van der Waals surface area contributed by atoms with Crippen LogP contribution in [0.5, 0.6) is 0 Å². The van der Waals surface area contributed by atoms with E-state index in [1.165, 1.54) is 0 Å². The first-order valence-corrected chi connectivity index (χ1v) is 5.94. The smallest absolute Gasteiger partial charge is 0.136 e. The molecule has 0 radical (unpaired) electrons. The largest absolute Gasteiger partial charge is 0.376 e. The summed E-state index contributed by atoms with van der Waals surface area (Å²) in [5.74, 6) is 0.813. The zero-order valence-corrected chi connectivity index (χ0v) is 10.4. The van der Waals surface area contributed by atoms with Gasteiger partial charge in [-0.15, -0.1) is 0 Å². The van der Waals surface area contributed by atoms with E-state index in [1.54, 1.807) is 0 Å². The predicted octanol–water partition coefficient (Wildman–Crippen LogP) is 2.31. The van der Waals surface area contributed by atoms with Crippen LogP contribution in [0.15, 0.2) is 0 Å². The second-order valence-corrected chi connectivity index (χ2v) is 4.17. The van der Waals surface area contributed by atoms with Gasteiger partial charge in [0.1, 0.15) is 16.6 Å². The molecule has 88 valence electrons. The number of hydrogen-bond donors (Lipinski definition) is 1. The first kappa shape index (κ1) is 11.7. The Morgan fingerprint density at radius 1 is 1.62 bits per heavy atom. The number of rotatable bonds is 3. The predicted molar refractivity (Wildman–Crippen MR) is 62.8 cm³/mol. The minimum Gasteiger partial charge on any atom is -0.376 e. The highest BCUT2D eigenvalue weighted by molar-refractivity contribution is 7.71. The topological polar surface area (TPSA) is 47.1 Å². The van der Waals surface area contributed by atoms with Gasteiger partial charge in [-0.2, -0.15) is 0 Å². The maximum atomic E-state index is 5.50. The van der Waals surface area contributed by atoms with E-state index in [0.29, 0.717) is 17.9 Å². The number of nitrogens with zero attached hydrogens (tertiary/aromatic N) is 1. The van der Waals surface area contributed by atoms with Gasteiger partial charge in [-0.25, -0.2) is 4.98 Å². The lowest BCUT2D eigenvalue weighted by molar-refractivity contribution is 0.0684. The number of hydrogen-bond acceptors (Lipinski definition) is 4. The Morgan fingerprint density at radius 3 is 3.19 bits per heavy atom.